The Morgan fingerprint density at radius 3 is 2.38 bits per heavy atom. The molecule has 0 amide bonds. The fraction of sp³-hybridized carbons (Fsp3) is 0.760. The Kier molecular flexibility index (Phi) is 7.49. The predicted octanol–water partition coefficient (Wildman–Crippen LogP) is 4.29. The van der Waals surface area contributed by atoms with Gasteiger partial charge in [0.2, 0.25) is 0 Å². The molecule has 3 atom stereocenters. The van der Waals surface area contributed by atoms with Crippen LogP contribution in [0.2, 0.25) is 0 Å². The molecule has 29 heavy (non-hydrogen) atoms. The first-order chi connectivity index (χ1) is 14.2. The van der Waals surface area contributed by atoms with Crippen molar-refractivity contribution >= 4 is 0 Å². The molecule has 0 bridgehead atoms. The van der Waals surface area contributed by atoms with Gasteiger partial charge in [0.1, 0.15) is 5.75 Å². The average Bonchev–Trinajstić information content (AvgIpc) is 3.18. The lowest BCUT2D eigenvalue weighted by atomic mass is 10.1. The lowest BCUT2D eigenvalue weighted by molar-refractivity contribution is 0.0967. The van der Waals surface area contributed by atoms with E-state index < -0.39 is 0 Å². The molecular formula is C25H40N2O2. The minimum absolute atomic E-state index is 0.567. The van der Waals surface area contributed by atoms with Gasteiger partial charge >= 0.3 is 0 Å². The van der Waals surface area contributed by atoms with Gasteiger partial charge < -0.3 is 14.4 Å². The van der Waals surface area contributed by atoms with Crippen molar-refractivity contribution in [3.05, 3.63) is 29.8 Å². The number of benzene rings is 1. The molecule has 4 heteroatoms. The highest BCUT2D eigenvalue weighted by Gasteiger charge is 2.55. The van der Waals surface area contributed by atoms with E-state index in [1.165, 1.54) is 64.0 Å². The molecule has 0 spiro atoms. The average molecular weight is 401 g/mol. The fourth-order valence-electron chi connectivity index (χ4n) is 5.12. The normalized spacial score (nSPS) is 27.3. The first-order valence-corrected chi connectivity index (χ1v) is 11.9. The fourth-order valence-corrected chi connectivity index (χ4v) is 5.12. The summed E-state index contributed by atoms with van der Waals surface area (Å²) in [6, 6.07) is 8.69. The molecule has 0 aromatic heterocycles. The first kappa shape index (κ1) is 21.1. The van der Waals surface area contributed by atoms with E-state index in [4.69, 9.17) is 9.47 Å². The van der Waals surface area contributed by atoms with Crippen molar-refractivity contribution < 1.29 is 9.47 Å². The van der Waals surface area contributed by atoms with Gasteiger partial charge in [-0.15, -0.1) is 0 Å². The van der Waals surface area contributed by atoms with Gasteiger partial charge in [0.05, 0.1) is 13.2 Å². The Morgan fingerprint density at radius 2 is 1.69 bits per heavy atom. The number of piperidine rings is 2. The van der Waals surface area contributed by atoms with E-state index in [1.807, 2.05) is 0 Å². The van der Waals surface area contributed by atoms with Crippen LogP contribution in [0.3, 0.4) is 0 Å². The SMILES string of the molecule is CC(C)COc1ccc(CN2C[C@@H]3[C@H](COCCCN4CCCCC4)[C@@H]3C2)cc1. The van der Waals surface area contributed by atoms with Gasteiger partial charge in [0, 0.05) is 32.8 Å². The molecule has 4 rings (SSSR count). The molecule has 2 aliphatic heterocycles. The third-order valence-corrected chi connectivity index (χ3v) is 6.88. The number of hydrogen-bond acceptors (Lipinski definition) is 4. The zero-order valence-corrected chi connectivity index (χ0v) is 18.5. The monoisotopic (exact) mass is 400 g/mol. The molecule has 4 nitrogen and oxygen atoms in total. The zero-order valence-electron chi connectivity index (χ0n) is 18.5. The summed E-state index contributed by atoms with van der Waals surface area (Å²) in [7, 11) is 0. The Hall–Kier alpha value is -1.10. The van der Waals surface area contributed by atoms with Crippen LogP contribution in [0.5, 0.6) is 5.75 Å². The molecule has 1 aromatic rings. The van der Waals surface area contributed by atoms with E-state index in [0.717, 1.165) is 49.9 Å². The van der Waals surface area contributed by atoms with Crippen LogP contribution in [-0.4, -0.2) is 62.3 Å². The summed E-state index contributed by atoms with van der Waals surface area (Å²) < 4.78 is 11.8. The van der Waals surface area contributed by atoms with E-state index in [1.54, 1.807) is 0 Å². The number of nitrogens with zero attached hydrogens (tertiary/aromatic N) is 2. The van der Waals surface area contributed by atoms with E-state index in [9.17, 15) is 0 Å². The highest BCUT2D eigenvalue weighted by Crippen LogP contribution is 2.52. The van der Waals surface area contributed by atoms with E-state index in [2.05, 4.69) is 47.9 Å². The molecule has 1 aromatic carbocycles. The highest BCUT2D eigenvalue weighted by atomic mass is 16.5. The van der Waals surface area contributed by atoms with Crippen LogP contribution in [0.1, 0.15) is 45.1 Å². The number of likely N-dealkylation sites (tertiary alicyclic amines) is 2. The summed E-state index contributed by atoms with van der Waals surface area (Å²) in [5.74, 6) is 4.14. The van der Waals surface area contributed by atoms with Crippen molar-refractivity contribution in [3.63, 3.8) is 0 Å². The second kappa shape index (κ2) is 10.3. The third kappa shape index (κ3) is 6.19. The molecule has 0 radical (unpaired) electrons. The van der Waals surface area contributed by atoms with E-state index in [0.29, 0.717) is 5.92 Å². The predicted molar refractivity (Wildman–Crippen MR) is 118 cm³/mol. The van der Waals surface area contributed by atoms with Crippen molar-refractivity contribution in [3.8, 4) is 5.75 Å². The van der Waals surface area contributed by atoms with Crippen LogP contribution in [0.4, 0.5) is 0 Å². The van der Waals surface area contributed by atoms with Crippen LogP contribution < -0.4 is 4.74 Å². The quantitative estimate of drug-likeness (QED) is 0.517. The molecule has 1 aliphatic carbocycles. The summed E-state index contributed by atoms with van der Waals surface area (Å²) in [5.41, 5.74) is 1.40. The summed E-state index contributed by atoms with van der Waals surface area (Å²) in [6.45, 7) is 14.5. The zero-order chi connectivity index (χ0) is 20.1. The summed E-state index contributed by atoms with van der Waals surface area (Å²) in [6.07, 6.45) is 5.40. The lowest BCUT2D eigenvalue weighted by Crippen LogP contribution is -2.31. The number of hydrogen-bond donors (Lipinski definition) is 0. The minimum atomic E-state index is 0.567. The second-order valence-corrected chi connectivity index (χ2v) is 9.87. The number of fused-ring (bicyclic) bond motifs is 1. The third-order valence-electron chi connectivity index (χ3n) is 6.88. The maximum absolute atomic E-state index is 6.03. The number of rotatable bonds is 11. The van der Waals surface area contributed by atoms with Gasteiger partial charge in [-0.3, -0.25) is 4.90 Å². The van der Waals surface area contributed by atoms with E-state index >= 15 is 0 Å². The summed E-state index contributed by atoms with van der Waals surface area (Å²) >= 11 is 0. The molecule has 3 fully saturated rings. The Labute approximate surface area is 177 Å². The van der Waals surface area contributed by atoms with Gasteiger partial charge in [-0.05, 0) is 73.7 Å². The Morgan fingerprint density at radius 1 is 0.966 bits per heavy atom. The second-order valence-electron chi connectivity index (χ2n) is 9.87. The highest BCUT2D eigenvalue weighted by molar-refractivity contribution is 5.27. The van der Waals surface area contributed by atoms with Crippen molar-refractivity contribution in [1.29, 1.82) is 0 Å². The van der Waals surface area contributed by atoms with Crippen LogP contribution in [0.25, 0.3) is 0 Å². The smallest absolute Gasteiger partial charge is 0.119 e. The first-order valence-electron chi connectivity index (χ1n) is 11.9. The van der Waals surface area contributed by atoms with Crippen LogP contribution >= 0.6 is 0 Å². The van der Waals surface area contributed by atoms with E-state index in [-0.39, 0.29) is 0 Å². The maximum atomic E-state index is 6.03. The van der Waals surface area contributed by atoms with Crippen LogP contribution in [0.15, 0.2) is 24.3 Å². The standard InChI is InChI=1S/C25H40N2O2/c1-20(2)18-29-22-9-7-21(8-10-22)15-27-16-23-24(17-27)25(23)19-28-14-6-13-26-11-4-3-5-12-26/h7-10,20,23-25H,3-6,11-19H2,1-2H3/t23-,24+,25-. The number of ether oxygens (including phenoxy) is 2. The van der Waals surface area contributed by atoms with Gasteiger partial charge in [-0.25, -0.2) is 0 Å². The lowest BCUT2D eigenvalue weighted by Gasteiger charge is -2.26. The van der Waals surface area contributed by atoms with Gasteiger partial charge in [0.15, 0.2) is 0 Å². The van der Waals surface area contributed by atoms with Crippen molar-refractivity contribution in [2.45, 2.75) is 46.1 Å². The topological polar surface area (TPSA) is 24.9 Å². The Balaban J connectivity index is 1.07. The van der Waals surface area contributed by atoms with Gasteiger partial charge in [-0.1, -0.05) is 32.4 Å². The molecule has 1 saturated carbocycles. The molecular weight excluding hydrogens is 360 g/mol. The van der Waals surface area contributed by atoms with Gasteiger partial charge in [-0.2, -0.15) is 0 Å². The van der Waals surface area contributed by atoms with Crippen LogP contribution in [-0.2, 0) is 11.3 Å². The Bertz CT molecular complexity index is 600. The van der Waals surface area contributed by atoms with Crippen molar-refractivity contribution in [1.82, 2.24) is 9.80 Å². The molecule has 0 N–H and O–H groups in total. The minimum Gasteiger partial charge on any atom is -0.493 e. The molecule has 2 saturated heterocycles. The van der Waals surface area contributed by atoms with Crippen molar-refractivity contribution in [2.24, 2.45) is 23.7 Å². The summed E-state index contributed by atoms with van der Waals surface area (Å²) in [5, 5.41) is 0. The molecule has 0 unspecified atom stereocenters. The molecule has 162 valence electrons. The molecule has 3 aliphatic rings. The largest absolute Gasteiger partial charge is 0.493 e. The molecule has 2 heterocycles. The summed E-state index contributed by atoms with van der Waals surface area (Å²) in [4.78, 5) is 5.23. The van der Waals surface area contributed by atoms with Gasteiger partial charge in [0.25, 0.3) is 0 Å². The maximum Gasteiger partial charge on any atom is 0.119 e. The van der Waals surface area contributed by atoms with Crippen molar-refractivity contribution in [2.75, 3.05) is 52.5 Å². The van der Waals surface area contributed by atoms with Crippen LogP contribution in [0, 0.1) is 23.7 Å².